The second-order valence-electron chi connectivity index (χ2n) is 0.312. The molecule has 0 heterocycles. The molecule has 0 fully saturated rings. The summed E-state index contributed by atoms with van der Waals surface area (Å²) in [6.07, 6.45) is 0. The van der Waals surface area contributed by atoms with Crippen molar-refractivity contribution in [3.8, 4) is 0 Å². The minimum atomic E-state index is -1.58. The topological polar surface area (TPSA) is 0 Å². The van der Waals surface area contributed by atoms with Crippen molar-refractivity contribution < 1.29 is 15.2 Å². The summed E-state index contributed by atoms with van der Waals surface area (Å²) in [5, 5.41) is 0. The molecule has 5 heavy (non-hydrogen) atoms. The molecule has 0 aliphatic heterocycles. The molecule has 0 bridgehead atoms. The van der Waals surface area contributed by atoms with Gasteiger partial charge >= 0.3 is 45.1 Å². The van der Waals surface area contributed by atoms with Crippen LogP contribution < -0.4 is 0 Å². The Bertz CT molecular complexity index is 34.6. The Morgan fingerprint density at radius 3 is 1.80 bits per heavy atom. The van der Waals surface area contributed by atoms with E-state index in [-0.39, 0.29) is 0 Å². The molecule has 35 valence electrons. The Morgan fingerprint density at radius 2 is 1.80 bits per heavy atom. The molecule has 0 unspecified atom stereocenters. The molecule has 0 saturated heterocycles. The summed E-state index contributed by atoms with van der Waals surface area (Å²) in [4.78, 5) is 0. The Kier molecular flexibility index (Phi) is 3.85. The second kappa shape index (κ2) is 3.21. The van der Waals surface area contributed by atoms with Gasteiger partial charge < -0.3 is 0 Å². The summed E-state index contributed by atoms with van der Waals surface area (Å²) in [6.45, 7) is 3.37. The van der Waals surface area contributed by atoms with E-state index >= 15 is 0 Å². The van der Waals surface area contributed by atoms with Gasteiger partial charge in [-0.05, 0) is 0 Å². The van der Waals surface area contributed by atoms with Crippen molar-refractivity contribution in [3.63, 3.8) is 0 Å². The molecule has 0 rings (SSSR count). The maximum atomic E-state index is 5.27. The fourth-order valence-electron chi connectivity index (χ4n) is 0. The van der Waals surface area contributed by atoms with Crippen molar-refractivity contribution in [3.05, 3.63) is 11.0 Å². The summed E-state index contributed by atoms with van der Waals surface area (Å²) >= 11 is -1.58. The quantitative estimate of drug-likeness (QED) is 0.694. The Hall–Kier alpha value is 1.01. The van der Waals surface area contributed by atoms with Gasteiger partial charge in [0.15, 0.2) is 0 Å². The van der Waals surface area contributed by atoms with Gasteiger partial charge in [0.05, 0.1) is 0 Å². The molecule has 0 atom stereocenters. The predicted octanol–water partition coefficient (Wildman–Crippen LogP) is 2.06. The predicted molar refractivity (Wildman–Crippen MR) is 21.9 cm³/mol. The third-order valence-electron chi connectivity index (χ3n) is 0.0976. The van der Waals surface area contributed by atoms with Crippen LogP contribution in [-0.2, 0) is 15.2 Å². The van der Waals surface area contributed by atoms with E-state index in [1.54, 1.807) is 4.47 Å². The van der Waals surface area contributed by atoms with Crippen LogP contribution in [0.4, 0.5) is 0 Å². The van der Waals surface area contributed by atoms with E-state index in [0.29, 0.717) is 0 Å². The average molecular weight is 293 g/mol. The van der Waals surface area contributed by atoms with E-state index in [0.717, 1.165) is 0 Å². The molecule has 3 heteroatoms. The molecule has 0 aromatic carbocycles. The number of hydrogen-bond donors (Lipinski definition) is 0. The van der Waals surface area contributed by atoms with Crippen LogP contribution in [0.25, 0.3) is 0 Å². The van der Waals surface area contributed by atoms with Crippen LogP contribution in [0.5, 0.6) is 0 Å². The van der Waals surface area contributed by atoms with Crippen molar-refractivity contribution in [1.29, 1.82) is 0 Å². The molecule has 0 spiro atoms. The Morgan fingerprint density at radius 1 is 1.60 bits per heavy atom. The van der Waals surface area contributed by atoms with Crippen molar-refractivity contribution in [2.24, 2.45) is 0 Å². The zero-order valence-corrected chi connectivity index (χ0v) is 6.14. The summed E-state index contributed by atoms with van der Waals surface area (Å²) in [5.74, 6) is 0. The number of rotatable bonds is 1. The van der Waals surface area contributed by atoms with E-state index in [1.807, 2.05) is 0 Å². The molecular weight excluding hydrogens is 290 g/mol. The molecule has 0 aliphatic carbocycles. The molecule has 0 saturated carbocycles. The van der Waals surface area contributed by atoms with Gasteiger partial charge in [0, 0.05) is 0 Å². The Balaban J connectivity index is 2.83. The van der Waals surface area contributed by atoms with E-state index in [2.05, 4.69) is 6.58 Å². The Labute approximate surface area is 45.2 Å². The fourth-order valence-corrected chi connectivity index (χ4v) is 0. The van der Waals surface area contributed by atoms with Gasteiger partial charge in [-0.2, -0.15) is 0 Å². The van der Waals surface area contributed by atoms with Crippen LogP contribution in [0, 0.1) is 0 Å². The molecule has 0 aliphatic rings. The van der Waals surface area contributed by atoms with Gasteiger partial charge in [-0.15, -0.1) is 0 Å². The third-order valence-corrected chi connectivity index (χ3v) is 2.40. The molecule has 0 radical (unpaired) electrons. The van der Waals surface area contributed by atoms with E-state index < -0.39 is 15.2 Å². The van der Waals surface area contributed by atoms with Gasteiger partial charge in [0.1, 0.15) is 0 Å². The standard InChI is InChI=1S/C2H3.2ClH.Pt/c1-2;;;/h1H,2H2;2*1H;/q;;;+2/p-2. The average Bonchev–Trinajstić information content (AvgIpc) is 1.38. The van der Waals surface area contributed by atoms with Crippen LogP contribution in [0.15, 0.2) is 11.0 Å². The van der Waals surface area contributed by atoms with Gasteiger partial charge in [0.2, 0.25) is 0 Å². The first-order chi connectivity index (χ1) is 2.27. The van der Waals surface area contributed by atoms with E-state index in [4.69, 9.17) is 18.8 Å². The van der Waals surface area contributed by atoms with E-state index in [1.165, 1.54) is 0 Å². The number of hydrogen-bond acceptors (Lipinski definition) is 0. The maximum absolute atomic E-state index is 5.27. The fraction of sp³-hybridized carbons (Fsp3) is 0. The molecular formula is C2H3Cl2Pt. The first-order valence-corrected chi connectivity index (χ1v) is 7.77. The van der Waals surface area contributed by atoms with E-state index in [9.17, 15) is 0 Å². The summed E-state index contributed by atoms with van der Waals surface area (Å²) < 4.78 is 1.60. The summed E-state index contributed by atoms with van der Waals surface area (Å²) in [6, 6.07) is 0. The molecule has 0 nitrogen and oxygen atoms in total. The van der Waals surface area contributed by atoms with Gasteiger partial charge in [-0.25, -0.2) is 0 Å². The van der Waals surface area contributed by atoms with Crippen molar-refractivity contribution in [2.75, 3.05) is 0 Å². The molecule has 0 amide bonds. The van der Waals surface area contributed by atoms with Gasteiger partial charge in [-0.1, -0.05) is 0 Å². The summed E-state index contributed by atoms with van der Waals surface area (Å²) in [5.41, 5.74) is 0. The zero-order valence-electron chi connectivity index (χ0n) is 2.36. The first-order valence-electron chi connectivity index (χ1n) is 0.830. The normalized spacial score (nSPS) is 10.4. The zero-order chi connectivity index (χ0) is 4.28. The van der Waals surface area contributed by atoms with Gasteiger partial charge in [-0.3, -0.25) is 0 Å². The first kappa shape index (κ1) is 6.01. The molecule has 0 aromatic heterocycles. The number of halogens is 2. The van der Waals surface area contributed by atoms with Crippen molar-refractivity contribution in [2.45, 2.75) is 0 Å². The summed E-state index contributed by atoms with van der Waals surface area (Å²) in [7, 11) is 10.5. The van der Waals surface area contributed by atoms with Crippen LogP contribution in [0.3, 0.4) is 0 Å². The van der Waals surface area contributed by atoms with Gasteiger partial charge in [0.25, 0.3) is 0 Å². The third kappa shape index (κ3) is 5.01. The minimum absolute atomic E-state index is 1.58. The SMILES string of the molecule is C=[CH][Pt]([Cl])[Cl]. The van der Waals surface area contributed by atoms with Crippen LogP contribution in [-0.4, -0.2) is 0 Å². The second-order valence-corrected chi connectivity index (χ2v) is 7.77. The van der Waals surface area contributed by atoms with Crippen molar-refractivity contribution >= 4 is 18.8 Å². The van der Waals surface area contributed by atoms with Crippen LogP contribution in [0.2, 0.25) is 0 Å². The molecule has 0 aromatic rings. The monoisotopic (exact) mass is 292 g/mol. The van der Waals surface area contributed by atoms with Crippen molar-refractivity contribution in [1.82, 2.24) is 0 Å². The molecule has 0 N–H and O–H groups in total. The van der Waals surface area contributed by atoms with Crippen LogP contribution in [0.1, 0.15) is 0 Å². The van der Waals surface area contributed by atoms with Crippen LogP contribution >= 0.6 is 18.8 Å².